The van der Waals surface area contributed by atoms with Crippen molar-refractivity contribution < 1.29 is 23.2 Å². The number of para-hydroxylation sites is 1. The number of rotatable bonds is 6. The number of benzene rings is 2. The molecule has 0 aliphatic rings. The Kier molecular flexibility index (Phi) is 5.03. The maximum Gasteiger partial charge on any atom is 0.342 e. The van der Waals surface area contributed by atoms with Gasteiger partial charge in [0.15, 0.2) is 12.4 Å². The molecule has 0 atom stereocenters. The molecule has 0 spiro atoms. The Morgan fingerprint density at radius 1 is 1.12 bits per heavy atom. The fourth-order valence-electron chi connectivity index (χ4n) is 2.11. The summed E-state index contributed by atoms with van der Waals surface area (Å²) >= 11 is 0. The zero-order chi connectivity index (χ0) is 17.6. The molecule has 128 valence electrons. The lowest BCUT2D eigenvalue weighted by molar-refractivity contribution is 0.0425. The third kappa shape index (κ3) is 4.41. The Labute approximate surface area is 143 Å². The minimum atomic E-state index is -0.564. The molecular formula is C18H15FN2O4. The largest absolute Gasteiger partial charge is 0.488 e. The van der Waals surface area contributed by atoms with Crippen molar-refractivity contribution in [2.75, 3.05) is 0 Å². The predicted octanol–water partition coefficient (Wildman–Crippen LogP) is 3.45. The van der Waals surface area contributed by atoms with Crippen molar-refractivity contribution in [2.24, 2.45) is 0 Å². The SMILES string of the molecule is Cc1noc(COC(=O)c2ccccc2OCc2ccc(F)cc2)n1. The minimum Gasteiger partial charge on any atom is -0.488 e. The number of hydrogen-bond donors (Lipinski definition) is 0. The molecule has 0 saturated carbocycles. The number of carbonyl (C=O) groups excluding carboxylic acids is 1. The van der Waals surface area contributed by atoms with Crippen LogP contribution in [0.4, 0.5) is 4.39 Å². The van der Waals surface area contributed by atoms with Crippen LogP contribution in [0.5, 0.6) is 5.75 Å². The number of ether oxygens (including phenoxy) is 2. The van der Waals surface area contributed by atoms with E-state index in [0.717, 1.165) is 5.56 Å². The summed E-state index contributed by atoms with van der Waals surface area (Å²) in [5.41, 5.74) is 1.06. The van der Waals surface area contributed by atoms with Crippen LogP contribution in [-0.2, 0) is 18.0 Å². The van der Waals surface area contributed by atoms with Gasteiger partial charge in [-0.1, -0.05) is 29.4 Å². The van der Waals surface area contributed by atoms with E-state index in [1.54, 1.807) is 43.3 Å². The number of hydrogen-bond acceptors (Lipinski definition) is 6. The van der Waals surface area contributed by atoms with Crippen molar-refractivity contribution in [1.29, 1.82) is 0 Å². The molecule has 3 rings (SSSR count). The molecule has 0 aliphatic carbocycles. The van der Waals surface area contributed by atoms with E-state index in [2.05, 4.69) is 10.1 Å². The second-order valence-electron chi connectivity index (χ2n) is 5.22. The summed E-state index contributed by atoms with van der Waals surface area (Å²) in [6, 6.07) is 12.7. The first-order valence-corrected chi connectivity index (χ1v) is 7.54. The first-order chi connectivity index (χ1) is 12.1. The van der Waals surface area contributed by atoms with Gasteiger partial charge in [0, 0.05) is 0 Å². The zero-order valence-electron chi connectivity index (χ0n) is 13.4. The highest BCUT2D eigenvalue weighted by Crippen LogP contribution is 2.21. The monoisotopic (exact) mass is 342 g/mol. The molecule has 6 nitrogen and oxygen atoms in total. The van der Waals surface area contributed by atoms with Gasteiger partial charge in [0.1, 0.15) is 23.7 Å². The van der Waals surface area contributed by atoms with Gasteiger partial charge in [-0.3, -0.25) is 0 Å². The molecule has 1 aromatic heterocycles. The summed E-state index contributed by atoms with van der Waals surface area (Å²) in [6.07, 6.45) is 0. The van der Waals surface area contributed by atoms with E-state index in [0.29, 0.717) is 11.6 Å². The molecule has 7 heteroatoms. The van der Waals surface area contributed by atoms with Gasteiger partial charge in [-0.15, -0.1) is 0 Å². The second-order valence-corrected chi connectivity index (χ2v) is 5.22. The number of aromatic nitrogens is 2. The summed E-state index contributed by atoms with van der Waals surface area (Å²) in [4.78, 5) is 16.2. The van der Waals surface area contributed by atoms with Gasteiger partial charge >= 0.3 is 5.97 Å². The number of nitrogens with zero attached hydrogens (tertiary/aromatic N) is 2. The van der Waals surface area contributed by atoms with Crippen molar-refractivity contribution in [3.05, 3.63) is 77.2 Å². The molecule has 0 bridgehead atoms. The average Bonchev–Trinajstić information content (AvgIpc) is 3.05. The molecule has 1 heterocycles. The van der Waals surface area contributed by atoms with Crippen LogP contribution in [0, 0.1) is 12.7 Å². The molecule has 0 radical (unpaired) electrons. The maximum absolute atomic E-state index is 12.9. The number of aryl methyl sites for hydroxylation is 1. The van der Waals surface area contributed by atoms with Gasteiger partial charge in [0.05, 0.1) is 0 Å². The van der Waals surface area contributed by atoms with Crippen molar-refractivity contribution in [3.63, 3.8) is 0 Å². The van der Waals surface area contributed by atoms with Gasteiger partial charge in [0.2, 0.25) is 0 Å². The average molecular weight is 342 g/mol. The lowest BCUT2D eigenvalue weighted by Gasteiger charge is -2.10. The number of halogens is 1. The fraction of sp³-hybridized carbons (Fsp3) is 0.167. The molecule has 0 fully saturated rings. The molecule has 0 amide bonds. The van der Waals surface area contributed by atoms with Crippen molar-refractivity contribution in [2.45, 2.75) is 20.1 Å². The molecule has 25 heavy (non-hydrogen) atoms. The Hall–Kier alpha value is -3.22. The first kappa shape index (κ1) is 16.6. The van der Waals surface area contributed by atoms with Gasteiger partial charge < -0.3 is 14.0 Å². The van der Waals surface area contributed by atoms with Gasteiger partial charge in [-0.2, -0.15) is 4.98 Å². The molecule has 0 aliphatic heterocycles. The van der Waals surface area contributed by atoms with Crippen molar-refractivity contribution in [1.82, 2.24) is 10.1 Å². The Bertz CT molecular complexity index is 862. The van der Waals surface area contributed by atoms with E-state index < -0.39 is 5.97 Å². The van der Waals surface area contributed by atoms with Crippen LogP contribution in [0.2, 0.25) is 0 Å². The van der Waals surface area contributed by atoms with Gasteiger partial charge in [-0.05, 0) is 36.8 Å². The molecule has 0 N–H and O–H groups in total. The predicted molar refractivity (Wildman–Crippen MR) is 85.3 cm³/mol. The van der Waals surface area contributed by atoms with E-state index in [1.807, 2.05) is 0 Å². The number of esters is 1. The van der Waals surface area contributed by atoms with E-state index in [4.69, 9.17) is 14.0 Å². The molecule has 0 unspecified atom stereocenters. The summed E-state index contributed by atoms with van der Waals surface area (Å²) in [5.74, 6) is 0.178. The van der Waals surface area contributed by atoms with E-state index in [1.165, 1.54) is 12.1 Å². The van der Waals surface area contributed by atoms with Crippen LogP contribution >= 0.6 is 0 Å². The van der Waals surface area contributed by atoms with E-state index in [-0.39, 0.29) is 30.5 Å². The standard InChI is InChI=1S/C18H15FN2O4/c1-12-20-17(25-21-12)11-24-18(22)15-4-2-3-5-16(15)23-10-13-6-8-14(19)9-7-13/h2-9H,10-11H2,1H3. The van der Waals surface area contributed by atoms with Crippen LogP contribution in [0.3, 0.4) is 0 Å². The smallest absolute Gasteiger partial charge is 0.342 e. The second kappa shape index (κ2) is 7.57. The highest BCUT2D eigenvalue weighted by atomic mass is 19.1. The Balaban J connectivity index is 1.65. The van der Waals surface area contributed by atoms with Gasteiger partial charge in [0.25, 0.3) is 5.89 Å². The lowest BCUT2D eigenvalue weighted by Crippen LogP contribution is -2.08. The molecule has 2 aromatic carbocycles. The molecule has 0 saturated heterocycles. The van der Waals surface area contributed by atoms with Crippen LogP contribution in [0.15, 0.2) is 53.1 Å². The Morgan fingerprint density at radius 3 is 2.60 bits per heavy atom. The summed E-state index contributed by atoms with van der Waals surface area (Å²) in [6.45, 7) is 1.76. The lowest BCUT2D eigenvalue weighted by atomic mass is 10.2. The van der Waals surface area contributed by atoms with Crippen LogP contribution in [0.25, 0.3) is 0 Å². The first-order valence-electron chi connectivity index (χ1n) is 7.54. The highest BCUT2D eigenvalue weighted by molar-refractivity contribution is 5.92. The summed E-state index contributed by atoms with van der Waals surface area (Å²) in [5, 5.41) is 3.63. The molecular weight excluding hydrogens is 327 g/mol. The summed E-state index contributed by atoms with van der Waals surface area (Å²) in [7, 11) is 0. The quantitative estimate of drug-likeness (QED) is 0.639. The third-order valence-corrected chi connectivity index (χ3v) is 3.31. The van der Waals surface area contributed by atoms with Crippen LogP contribution in [-0.4, -0.2) is 16.1 Å². The Morgan fingerprint density at radius 2 is 1.88 bits per heavy atom. The van der Waals surface area contributed by atoms with Gasteiger partial charge in [-0.25, -0.2) is 9.18 Å². The summed E-state index contributed by atoms with van der Waals surface area (Å²) < 4.78 is 28.7. The van der Waals surface area contributed by atoms with Crippen LogP contribution in [0.1, 0.15) is 27.6 Å². The van der Waals surface area contributed by atoms with E-state index >= 15 is 0 Å². The van der Waals surface area contributed by atoms with Crippen molar-refractivity contribution >= 4 is 5.97 Å². The maximum atomic E-state index is 12.9. The zero-order valence-corrected chi connectivity index (χ0v) is 13.4. The highest BCUT2D eigenvalue weighted by Gasteiger charge is 2.15. The fourth-order valence-corrected chi connectivity index (χ4v) is 2.11. The third-order valence-electron chi connectivity index (χ3n) is 3.31. The topological polar surface area (TPSA) is 74.5 Å². The molecule has 3 aromatic rings. The van der Waals surface area contributed by atoms with Crippen molar-refractivity contribution in [3.8, 4) is 5.75 Å². The normalized spacial score (nSPS) is 10.5. The van der Waals surface area contributed by atoms with E-state index in [9.17, 15) is 9.18 Å². The number of carbonyl (C=O) groups is 1. The van der Waals surface area contributed by atoms with Crippen LogP contribution < -0.4 is 4.74 Å². The minimum absolute atomic E-state index is 0.119.